The van der Waals surface area contributed by atoms with Crippen LogP contribution in [-0.4, -0.2) is 16.9 Å². The first-order valence-electron chi connectivity index (χ1n) is 7.72. The summed E-state index contributed by atoms with van der Waals surface area (Å²) in [6.07, 6.45) is 0.212. The van der Waals surface area contributed by atoms with Gasteiger partial charge in [-0.3, -0.25) is 14.5 Å². The van der Waals surface area contributed by atoms with Crippen LogP contribution in [0.2, 0.25) is 0 Å². The van der Waals surface area contributed by atoms with Gasteiger partial charge in [-0.2, -0.15) is 0 Å². The molecule has 0 bridgehead atoms. The van der Waals surface area contributed by atoms with Crippen molar-refractivity contribution >= 4 is 45.4 Å². The molecular formula is C18H15FN2O3S2. The summed E-state index contributed by atoms with van der Waals surface area (Å²) in [5.74, 6) is -1.22. The molecule has 8 heteroatoms. The van der Waals surface area contributed by atoms with E-state index in [2.05, 4.69) is 4.98 Å². The van der Waals surface area contributed by atoms with Crippen molar-refractivity contribution < 1.29 is 18.7 Å². The van der Waals surface area contributed by atoms with Crippen LogP contribution >= 0.6 is 22.7 Å². The van der Waals surface area contributed by atoms with Gasteiger partial charge in [0.25, 0.3) is 0 Å². The zero-order valence-electron chi connectivity index (χ0n) is 13.8. The number of para-hydroxylation sites is 1. The first kappa shape index (κ1) is 18.2. The smallest absolute Gasteiger partial charge is 0.311 e. The van der Waals surface area contributed by atoms with Gasteiger partial charge in [0.1, 0.15) is 12.4 Å². The van der Waals surface area contributed by atoms with Gasteiger partial charge in [0.05, 0.1) is 17.8 Å². The van der Waals surface area contributed by atoms with Gasteiger partial charge in [-0.1, -0.05) is 18.2 Å². The second-order valence-corrected chi connectivity index (χ2v) is 7.21. The van der Waals surface area contributed by atoms with Crippen molar-refractivity contribution in [3.63, 3.8) is 0 Å². The molecule has 5 nitrogen and oxygen atoms in total. The predicted molar refractivity (Wildman–Crippen MR) is 99.2 cm³/mol. The Bertz CT molecular complexity index is 909. The number of thiophene rings is 1. The third-order valence-electron chi connectivity index (χ3n) is 3.42. The Morgan fingerprint density at radius 1 is 1.19 bits per heavy atom. The minimum Gasteiger partial charge on any atom is -0.459 e. The number of aromatic nitrogens is 1. The maximum atomic E-state index is 14.0. The largest absolute Gasteiger partial charge is 0.459 e. The molecule has 2 aromatic heterocycles. The minimum absolute atomic E-state index is 0.00370. The van der Waals surface area contributed by atoms with Gasteiger partial charge >= 0.3 is 5.97 Å². The van der Waals surface area contributed by atoms with E-state index in [4.69, 9.17) is 4.74 Å². The molecule has 134 valence electrons. The van der Waals surface area contributed by atoms with E-state index in [0.29, 0.717) is 10.8 Å². The zero-order valence-corrected chi connectivity index (χ0v) is 15.5. The fourth-order valence-electron chi connectivity index (χ4n) is 2.27. The van der Waals surface area contributed by atoms with Crippen LogP contribution in [0.5, 0.6) is 0 Å². The lowest BCUT2D eigenvalue weighted by atomic mass is 10.3. The van der Waals surface area contributed by atoms with E-state index < -0.39 is 5.82 Å². The number of hydrogen-bond acceptors (Lipinski definition) is 6. The Labute approximate surface area is 157 Å². The average Bonchev–Trinajstić information content (AvgIpc) is 3.27. The Morgan fingerprint density at radius 3 is 2.69 bits per heavy atom. The summed E-state index contributed by atoms with van der Waals surface area (Å²) < 4.78 is 19.3. The molecule has 0 spiro atoms. The Hall–Kier alpha value is -2.58. The Balaban J connectivity index is 1.68. The van der Waals surface area contributed by atoms with Crippen molar-refractivity contribution in [2.24, 2.45) is 0 Å². The molecule has 2 heterocycles. The normalized spacial score (nSPS) is 10.5. The predicted octanol–water partition coefficient (Wildman–Crippen LogP) is 4.31. The second kappa shape index (κ2) is 8.20. The summed E-state index contributed by atoms with van der Waals surface area (Å²) in [5.41, 5.74) is 0.641. The van der Waals surface area contributed by atoms with Crippen molar-refractivity contribution in [3.8, 4) is 0 Å². The van der Waals surface area contributed by atoms with Crippen LogP contribution in [0.3, 0.4) is 0 Å². The van der Waals surface area contributed by atoms with Crippen LogP contribution in [0.15, 0.2) is 47.2 Å². The van der Waals surface area contributed by atoms with Gasteiger partial charge in [0.15, 0.2) is 5.13 Å². The number of carbonyl (C=O) groups is 2. The summed E-state index contributed by atoms with van der Waals surface area (Å²) >= 11 is 2.67. The number of anilines is 2. The number of nitrogens with zero attached hydrogens (tertiary/aromatic N) is 2. The molecule has 1 amide bonds. The third kappa shape index (κ3) is 4.33. The first-order chi connectivity index (χ1) is 12.5. The van der Waals surface area contributed by atoms with E-state index in [-0.39, 0.29) is 30.6 Å². The summed E-state index contributed by atoms with van der Waals surface area (Å²) in [7, 11) is 0. The quantitative estimate of drug-likeness (QED) is 0.589. The van der Waals surface area contributed by atoms with Crippen molar-refractivity contribution in [1.29, 1.82) is 0 Å². The lowest BCUT2D eigenvalue weighted by molar-refractivity contribution is -0.144. The molecule has 3 rings (SSSR count). The number of rotatable bonds is 6. The number of hydrogen-bond donors (Lipinski definition) is 0. The lowest BCUT2D eigenvalue weighted by Gasteiger charge is -2.18. The van der Waals surface area contributed by atoms with Crippen LogP contribution < -0.4 is 4.90 Å². The number of esters is 1. The van der Waals surface area contributed by atoms with Gasteiger partial charge < -0.3 is 4.74 Å². The highest BCUT2D eigenvalue weighted by molar-refractivity contribution is 7.14. The first-order valence-corrected chi connectivity index (χ1v) is 9.48. The fourth-order valence-corrected chi connectivity index (χ4v) is 3.82. The van der Waals surface area contributed by atoms with Crippen LogP contribution in [0.25, 0.3) is 0 Å². The monoisotopic (exact) mass is 390 g/mol. The number of halogens is 1. The van der Waals surface area contributed by atoms with Crippen molar-refractivity contribution in [2.45, 2.75) is 20.0 Å². The molecule has 0 saturated heterocycles. The van der Waals surface area contributed by atoms with Crippen LogP contribution in [0.4, 0.5) is 15.2 Å². The minimum atomic E-state index is -0.512. The molecule has 26 heavy (non-hydrogen) atoms. The van der Waals surface area contributed by atoms with Gasteiger partial charge in [0.2, 0.25) is 5.91 Å². The summed E-state index contributed by atoms with van der Waals surface area (Å²) in [6, 6.07) is 9.74. The van der Waals surface area contributed by atoms with Gasteiger partial charge in [-0.05, 0) is 23.6 Å². The number of thiazole rings is 1. The molecule has 0 radical (unpaired) electrons. The van der Waals surface area contributed by atoms with Crippen molar-refractivity contribution in [2.75, 3.05) is 4.90 Å². The number of benzene rings is 1. The highest BCUT2D eigenvalue weighted by atomic mass is 32.1. The molecule has 1 aromatic carbocycles. The zero-order chi connectivity index (χ0) is 18.5. The van der Waals surface area contributed by atoms with Crippen LogP contribution in [0, 0.1) is 5.82 Å². The summed E-state index contributed by atoms with van der Waals surface area (Å²) in [4.78, 5) is 30.3. The topological polar surface area (TPSA) is 59.5 Å². The molecule has 0 aliphatic heterocycles. The van der Waals surface area contributed by atoms with E-state index in [9.17, 15) is 14.0 Å². The molecule has 0 unspecified atom stereocenters. The van der Waals surface area contributed by atoms with E-state index in [1.54, 1.807) is 17.5 Å². The van der Waals surface area contributed by atoms with E-state index >= 15 is 0 Å². The molecule has 0 aliphatic rings. The molecule has 0 aliphatic carbocycles. The second-order valence-electron chi connectivity index (χ2n) is 5.34. The van der Waals surface area contributed by atoms with E-state index in [0.717, 1.165) is 4.88 Å². The Morgan fingerprint density at radius 2 is 2.00 bits per heavy atom. The van der Waals surface area contributed by atoms with Crippen LogP contribution in [0.1, 0.15) is 17.5 Å². The average molecular weight is 390 g/mol. The highest BCUT2D eigenvalue weighted by Crippen LogP contribution is 2.30. The lowest BCUT2D eigenvalue weighted by Crippen LogP contribution is -2.23. The highest BCUT2D eigenvalue weighted by Gasteiger charge is 2.21. The third-order valence-corrected chi connectivity index (χ3v) is 5.17. The number of carbonyl (C=O) groups excluding carboxylic acids is 2. The fraction of sp³-hybridized carbons (Fsp3) is 0.167. The number of amides is 1. The van der Waals surface area contributed by atoms with E-state index in [1.165, 1.54) is 46.6 Å². The number of ether oxygens (including phenoxy) is 1. The summed E-state index contributed by atoms with van der Waals surface area (Å²) in [5, 5.41) is 3.91. The summed E-state index contributed by atoms with van der Waals surface area (Å²) in [6.45, 7) is 1.35. The van der Waals surface area contributed by atoms with Crippen LogP contribution in [-0.2, 0) is 27.4 Å². The van der Waals surface area contributed by atoms with Gasteiger partial charge in [-0.15, -0.1) is 22.7 Å². The Kier molecular flexibility index (Phi) is 5.75. The van der Waals surface area contributed by atoms with Crippen molar-refractivity contribution in [3.05, 3.63) is 63.5 Å². The maximum Gasteiger partial charge on any atom is 0.311 e. The molecule has 0 N–H and O–H groups in total. The molecule has 0 saturated carbocycles. The molecular weight excluding hydrogens is 375 g/mol. The van der Waals surface area contributed by atoms with E-state index in [1.807, 2.05) is 17.5 Å². The van der Waals surface area contributed by atoms with Gasteiger partial charge in [-0.25, -0.2) is 9.37 Å². The molecule has 0 atom stereocenters. The van der Waals surface area contributed by atoms with Crippen molar-refractivity contribution in [1.82, 2.24) is 4.98 Å². The molecule has 0 fully saturated rings. The maximum absolute atomic E-state index is 14.0. The SMILES string of the molecule is CC(=O)N(c1nc(COC(=O)Cc2cccs2)cs1)c1ccccc1F. The standard InChI is InChI=1S/C18H15FN2O3S2/c1-12(22)21(16-7-3-2-6-15(16)19)18-20-13(11-26-18)10-24-17(23)9-14-5-4-8-25-14/h2-8,11H,9-10H2,1H3. The van der Waals surface area contributed by atoms with Gasteiger partial charge in [0, 0.05) is 17.2 Å². The molecule has 3 aromatic rings.